The van der Waals surface area contributed by atoms with E-state index in [0.717, 1.165) is 15.2 Å². The van der Waals surface area contributed by atoms with E-state index in [1.54, 1.807) is 32.1 Å². The highest BCUT2D eigenvalue weighted by Gasteiger charge is 2.42. The minimum atomic E-state index is -1.29. The van der Waals surface area contributed by atoms with Crippen molar-refractivity contribution in [2.75, 3.05) is 0 Å². The molecule has 3 rings (SSSR count). The highest BCUT2D eigenvalue weighted by Crippen LogP contribution is 2.34. The second kappa shape index (κ2) is 11.3. The molecule has 0 saturated heterocycles. The van der Waals surface area contributed by atoms with Gasteiger partial charge in [-0.15, -0.1) is 11.3 Å². The number of hydrogen-bond donors (Lipinski definition) is 2. The second-order valence-electron chi connectivity index (χ2n) is 10.3. The van der Waals surface area contributed by atoms with Gasteiger partial charge in [-0.05, 0) is 55.9 Å². The molecule has 5 atom stereocenters. The Morgan fingerprint density at radius 3 is 2.63 bits per heavy atom. The first kappa shape index (κ1) is 27.4. The molecule has 0 unspecified atom stereocenters. The van der Waals surface area contributed by atoms with Crippen LogP contribution in [0.25, 0.3) is 10.2 Å². The van der Waals surface area contributed by atoms with Crippen LogP contribution in [0.4, 0.5) is 4.39 Å². The van der Waals surface area contributed by atoms with Crippen LogP contribution in [-0.2, 0) is 14.3 Å². The van der Waals surface area contributed by atoms with Crippen LogP contribution < -0.4 is 0 Å². The average Bonchev–Trinajstić information content (AvgIpc) is 3.18. The van der Waals surface area contributed by atoms with E-state index >= 15 is 0 Å². The molecule has 0 saturated carbocycles. The summed E-state index contributed by atoms with van der Waals surface area (Å²) >= 11 is 1.56. The predicted octanol–water partition coefficient (Wildman–Crippen LogP) is 5.60. The number of cyclic esters (lactones) is 1. The number of carbonyl (C=O) groups is 2. The molecule has 2 aromatic rings. The number of benzene rings is 1. The van der Waals surface area contributed by atoms with Crippen molar-refractivity contribution < 1.29 is 28.9 Å². The molecule has 0 radical (unpaired) electrons. The molecular weight excluding hydrogens is 469 g/mol. The molecule has 1 aliphatic rings. The zero-order valence-electron chi connectivity index (χ0n) is 21.1. The summed E-state index contributed by atoms with van der Waals surface area (Å²) < 4.78 is 21.3. The molecule has 0 bridgehead atoms. The molecule has 1 aliphatic heterocycles. The number of ether oxygens (including phenoxy) is 1. The highest BCUT2D eigenvalue weighted by molar-refractivity contribution is 7.18. The molecule has 35 heavy (non-hydrogen) atoms. The number of ketones is 1. The summed E-state index contributed by atoms with van der Waals surface area (Å²) in [7, 11) is 0. The number of halogens is 1. The Labute approximate surface area is 210 Å². The predicted molar refractivity (Wildman–Crippen MR) is 135 cm³/mol. The number of rotatable bonds is 1. The summed E-state index contributed by atoms with van der Waals surface area (Å²) in [6.45, 7) is 8.55. The molecule has 192 valence electrons. The number of fused-ring (bicyclic) bond motifs is 1. The lowest BCUT2D eigenvalue weighted by molar-refractivity contribution is -0.155. The van der Waals surface area contributed by atoms with Gasteiger partial charge in [0.1, 0.15) is 11.9 Å². The number of allylic oxidation sites excluding steroid dienone is 1. The molecule has 6 nitrogen and oxygen atoms in total. The van der Waals surface area contributed by atoms with E-state index in [4.69, 9.17) is 4.74 Å². The molecule has 2 heterocycles. The van der Waals surface area contributed by atoms with Crippen molar-refractivity contribution in [3.05, 3.63) is 40.7 Å². The summed E-state index contributed by atoms with van der Waals surface area (Å²) in [5.74, 6) is -2.26. The van der Waals surface area contributed by atoms with Crippen LogP contribution in [0.2, 0.25) is 0 Å². The lowest BCUT2D eigenvalue weighted by Crippen LogP contribution is -2.45. The van der Waals surface area contributed by atoms with Crippen molar-refractivity contribution in [2.45, 2.75) is 85.0 Å². The van der Waals surface area contributed by atoms with Gasteiger partial charge in [0.15, 0.2) is 0 Å². The summed E-state index contributed by atoms with van der Waals surface area (Å²) in [4.78, 5) is 30.5. The van der Waals surface area contributed by atoms with Gasteiger partial charge in [-0.25, -0.2) is 9.37 Å². The standard InChI is InChI=1S/C27H36FNO5S/c1-15-7-6-8-19(28)10-11-21(18-9-12-22-20(13-18)29-17(3)35-22)34-24(31)14-23(30)27(4,5)26(33)16(2)25(15)32/h9-10,12-13,15-16,21,23,25,30,32H,6-8,11,14H2,1-5H3/b19-10+/t15-,16-,21-,23-,25-/m0/s1. The molecule has 0 spiro atoms. The third-order valence-corrected chi connectivity index (χ3v) is 8.08. The van der Waals surface area contributed by atoms with Crippen molar-refractivity contribution in [1.29, 1.82) is 0 Å². The molecule has 1 aromatic carbocycles. The van der Waals surface area contributed by atoms with E-state index < -0.39 is 42.0 Å². The zero-order chi connectivity index (χ0) is 25.9. The third-order valence-electron chi connectivity index (χ3n) is 7.13. The zero-order valence-corrected chi connectivity index (χ0v) is 21.9. The Morgan fingerprint density at radius 1 is 1.20 bits per heavy atom. The van der Waals surface area contributed by atoms with Gasteiger partial charge >= 0.3 is 5.97 Å². The van der Waals surface area contributed by atoms with Gasteiger partial charge in [0.05, 0.1) is 45.1 Å². The number of nitrogens with zero attached hydrogens (tertiary/aromatic N) is 1. The molecule has 8 heteroatoms. The number of aryl methyl sites for hydroxylation is 1. The Kier molecular flexibility index (Phi) is 8.83. The van der Waals surface area contributed by atoms with Crippen molar-refractivity contribution in [2.24, 2.45) is 17.3 Å². The smallest absolute Gasteiger partial charge is 0.309 e. The van der Waals surface area contributed by atoms with Crippen LogP contribution in [0, 0.1) is 24.2 Å². The number of esters is 1. The van der Waals surface area contributed by atoms with Crippen LogP contribution >= 0.6 is 11.3 Å². The summed E-state index contributed by atoms with van der Waals surface area (Å²) in [6, 6.07) is 5.60. The molecular formula is C27H36FNO5S. The number of aliphatic hydroxyl groups is 2. The molecule has 2 N–H and O–H groups in total. The summed E-state index contributed by atoms with van der Waals surface area (Å²) in [6.07, 6.45) is -0.506. The van der Waals surface area contributed by atoms with Crippen LogP contribution in [0.5, 0.6) is 0 Å². The van der Waals surface area contributed by atoms with Crippen molar-refractivity contribution in [3.8, 4) is 0 Å². The van der Waals surface area contributed by atoms with Gasteiger partial charge in [-0.2, -0.15) is 0 Å². The van der Waals surface area contributed by atoms with Gasteiger partial charge in [0, 0.05) is 12.3 Å². The SMILES string of the molecule is Cc1nc2cc([C@@H]3C/C=C(/F)CCC[C@H](C)[C@H](O)[C@H](C)C(=O)C(C)(C)[C@@H](O)CC(=O)O3)ccc2s1. The van der Waals surface area contributed by atoms with E-state index in [1.165, 1.54) is 6.08 Å². The van der Waals surface area contributed by atoms with E-state index in [-0.39, 0.29) is 30.4 Å². The fourth-order valence-corrected chi connectivity index (χ4v) is 5.44. The average molecular weight is 506 g/mol. The molecule has 0 fully saturated rings. The Hall–Kier alpha value is -2.16. The van der Waals surface area contributed by atoms with Gasteiger partial charge in [0.25, 0.3) is 0 Å². The molecule has 0 aliphatic carbocycles. The molecule has 1 aromatic heterocycles. The maximum Gasteiger partial charge on any atom is 0.309 e. The Morgan fingerprint density at radius 2 is 1.91 bits per heavy atom. The quantitative estimate of drug-likeness (QED) is 0.490. The minimum absolute atomic E-state index is 0.139. The maximum absolute atomic E-state index is 14.6. The number of aliphatic hydroxyl groups excluding tert-OH is 2. The van der Waals surface area contributed by atoms with Crippen LogP contribution in [-0.4, -0.2) is 39.2 Å². The van der Waals surface area contributed by atoms with Crippen LogP contribution in [0.15, 0.2) is 30.1 Å². The lowest BCUT2D eigenvalue weighted by Gasteiger charge is -2.34. The summed E-state index contributed by atoms with van der Waals surface area (Å²) in [5, 5.41) is 22.4. The third kappa shape index (κ3) is 6.54. The van der Waals surface area contributed by atoms with E-state index in [9.17, 15) is 24.2 Å². The Bertz CT molecular complexity index is 1090. The van der Waals surface area contributed by atoms with Crippen molar-refractivity contribution >= 4 is 33.3 Å². The first-order valence-corrected chi connectivity index (χ1v) is 13.0. The first-order chi connectivity index (χ1) is 16.4. The number of hydrogen-bond acceptors (Lipinski definition) is 7. The number of aromatic nitrogens is 1. The van der Waals surface area contributed by atoms with E-state index in [1.807, 2.05) is 32.0 Å². The van der Waals surface area contributed by atoms with Crippen molar-refractivity contribution in [1.82, 2.24) is 4.98 Å². The van der Waals surface area contributed by atoms with Gasteiger partial charge < -0.3 is 14.9 Å². The summed E-state index contributed by atoms with van der Waals surface area (Å²) in [5.41, 5.74) is 0.219. The first-order valence-electron chi connectivity index (χ1n) is 12.2. The molecule has 0 amide bonds. The maximum atomic E-state index is 14.6. The highest BCUT2D eigenvalue weighted by atomic mass is 32.1. The largest absolute Gasteiger partial charge is 0.457 e. The fraction of sp³-hybridized carbons (Fsp3) is 0.593. The monoisotopic (exact) mass is 505 g/mol. The Balaban J connectivity index is 1.91. The van der Waals surface area contributed by atoms with Crippen LogP contribution in [0.1, 0.15) is 76.5 Å². The van der Waals surface area contributed by atoms with Crippen LogP contribution in [0.3, 0.4) is 0 Å². The van der Waals surface area contributed by atoms with Gasteiger partial charge in [-0.1, -0.05) is 33.8 Å². The van der Waals surface area contributed by atoms with E-state index in [2.05, 4.69) is 4.98 Å². The number of carbonyl (C=O) groups excluding carboxylic acids is 2. The van der Waals surface area contributed by atoms with Gasteiger partial charge in [-0.3, -0.25) is 9.59 Å². The normalized spacial score (nSPS) is 31.1. The van der Waals surface area contributed by atoms with E-state index in [0.29, 0.717) is 18.4 Å². The van der Waals surface area contributed by atoms with Crippen molar-refractivity contribution in [3.63, 3.8) is 0 Å². The number of thiazole rings is 1. The van der Waals surface area contributed by atoms with Gasteiger partial charge in [0.2, 0.25) is 0 Å². The fourth-order valence-electron chi connectivity index (χ4n) is 4.63. The lowest BCUT2D eigenvalue weighted by atomic mass is 9.73. The second-order valence-corrected chi connectivity index (χ2v) is 11.5. The number of Topliss-reactive ketones (excluding diaryl/α,β-unsaturated/α-hetero) is 1. The minimum Gasteiger partial charge on any atom is -0.457 e. The topological polar surface area (TPSA) is 96.7 Å².